The lowest BCUT2D eigenvalue weighted by Crippen LogP contribution is -2.00. The molecule has 0 bridgehead atoms. The second-order valence-corrected chi connectivity index (χ2v) is 3.57. The molecule has 0 unspecified atom stereocenters. The molecular weight excluding hydrogens is 250 g/mol. The van der Waals surface area contributed by atoms with Gasteiger partial charge in [-0.3, -0.25) is 0 Å². The summed E-state index contributed by atoms with van der Waals surface area (Å²) in [5, 5.41) is 0. The van der Waals surface area contributed by atoms with Crippen LogP contribution in [0.5, 0.6) is 5.75 Å². The Hall–Kier alpha value is -1.10. The lowest BCUT2D eigenvalue weighted by atomic mass is 10.2. The van der Waals surface area contributed by atoms with E-state index in [2.05, 4.69) is 20.8 Å². The summed E-state index contributed by atoms with van der Waals surface area (Å²) in [6.07, 6.45) is 0. The van der Waals surface area contributed by atoms with Crippen LogP contribution in [0.3, 0.4) is 0 Å². The van der Waals surface area contributed by atoms with Gasteiger partial charge in [0, 0.05) is 11.6 Å². The first-order chi connectivity index (χ1) is 6.60. The highest BCUT2D eigenvalue weighted by Gasteiger charge is 2.20. The van der Waals surface area contributed by atoms with E-state index in [9.17, 15) is 4.91 Å². The van der Waals surface area contributed by atoms with Crippen molar-refractivity contribution < 1.29 is 14.5 Å². The molecule has 1 aromatic carbocycles. The van der Waals surface area contributed by atoms with E-state index >= 15 is 0 Å². The molecule has 0 fully saturated rings. The van der Waals surface area contributed by atoms with Crippen LogP contribution in [0.1, 0.15) is 5.56 Å². The van der Waals surface area contributed by atoms with Crippen LogP contribution in [-0.2, 0) is 4.84 Å². The normalized spacial score (nSPS) is 9.71. The van der Waals surface area contributed by atoms with Crippen molar-refractivity contribution in [2.75, 3.05) is 14.2 Å². The monoisotopic (exact) mass is 260 g/mol. The first-order valence-electron chi connectivity index (χ1n) is 3.95. The maximum Gasteiger partial charge on any atom is 0.321 e. The minimum absolute atomic E-state index is 0.458. The van der Waals surface area contributed by atoms with Gasteiger partial charge in [-0.05, 0) is 28.9 Å². The Morgan fingerprint density at radius 3 is 2.50 bits per heavy atom. The number of benzene rings is 1. The van der Waals surface area contributed by atoms with Gasteiger partial charge in [0.15, 0.2) is 7.11 Å². The Labute approximate surface area is 90.5 Å². The second-order valence-electron chi connectivity index (χ2n) is 2.71. The average molecular weight is 261 g/mol. The van der Waals surface area contributed by atoms with Crippen LogP contribution >= 0.6 is 15.9 Å². The summed E-state index contributed by atoms with van der Waals surface area (Å²) in [5.41, 5.74) is 1.25. The van der Waals surface area contributed by atoms with E-state index in [1.54, 1.807) is 19.2 Å². The van der Waals surface area contributed by atoms with E-state index in [1.807, 2.05) is 6.92 Å². The third-order valence-corrected chi connectivity index (χ3v) is 2.45. The minimum atomic E-state index is 0.458. The highest BCUT2D eigenvalue weighted by Crippen LogP contribution is 2.32. The van der Waals surface area contributed by atoms with Crippen molar-refractivity contribution in [2.24, 2.45) is 0 Å². The number of rotatable bonds is 3. The Morgan fingerprint density at radius 2 is 2.00 bits per heavy atom. The van der Waals surface area contributed by atoms with E-state index in [0.29, 0.717) is 16.4 Å². The summed E-state index contributed by atoms with van der Waals surface area (Å²) in [7, 11) is 2.90. The number of halogens is 1. The number of hydrogen-bond acceptors (Lipinski definition) is 3. The van der Waals surface area contributed by atoms with E-state index in [4.69, 9.17) is 4.74 Å². The fourth-order valence-electron chi connectivity index (χ4n) is 1.10. The predicted molar refractivity (Wildman–Crippen MR) is 55.7 cm³/mol. The predicted octanol–water partition coefficient (Wildman–Crippen LogP) is 2.74. The summed E-state index contributed by atoms with van der Waals surface area (Å²) >= 11 is 3.29. The number of nitrogens with zero attached hydrogens (tertiary/aromatic N) is 1. The minimum Gasteiger partial charge on any atom is -0.496 e. The molecular formula is C9H11BrNO3+. The van der Waals surface area contributed by atoms with Crippen LogP contribution in [0.4, 0.5) is 5.69 Å². The zero-order chi connectivity index (χ0) is 10.7. The van der Waals surface area contributed by atoms with Crippen LogP contribution in [-0.4, -0.2) is 19.1 Å². The smallest absolute Gasteiger partial charge is 0.321 e. The van der Waals surface area contributed by atoms with Gasteiger partial charge in [-0.2, -0.15) is 0 Å². The van der Waals surface area contributed by atoms with Gasteiger partial charge in [0.05, 0.1) is 16.5 Å². The van der Waals surface area contributed by atoms with Crippen LogP contribution in [0, 0.1) is 11.8 Å². The molecule has 0 spiro atoms. The van der Waals surface area contributed by atoms with Crippen molar-refractivity contribution in [3.63, 3.8) is 0 Å². The Kier molecular flexibility index (Phi) is 3.46. The zero-order valence-electron chi connectivity index (χ0n) is 8.20. The van der Waals surface area contributed by atoms with E-state index in [1.165, 1.54) is 7.11 Å². The fourth-order valence-corrected chi connectivity index (χ4v) is 1.59. The maximum atomic E-state index is 11.2. The highest BCUT2D eigenvalue weighted by atomic mass is 79.9. The summed E-state index contributed by atoms with van der Waals surface area (Å²) in [4.78, 5) is 16.2. The molecule has 0 saturated heterocycles. The standard InChI is InChI=1S/C9H11BrNO3/c1-6-4-9(13-2)7(10)5-8(6)11(12)14-3/h4-5H,1-3H3/q+1. The van der Waals surface area contributed by atoms with Crippen LogP contribution in [0.25, 0.3) is 0 Å². The van der Waals surface area contributed by atoms with E-state index in [0.717, 1.165) is 10.0 Å². The number of methoxy groups -OCH3 is 1. The Bertz CT molecular complexity index is 365. The molecule has 0 aliphatic heterocycles. The van der Waals surface area contributed by atoms with Crippen molar-refractivity contribution in [1.29, 1.82) is 0 Å². The Morgan fingerprint density at radius 1 is 1.36 bits per heavy atom. The molecule has 4 nitrogen and oxygen atoms in total. The quantitative estimate of drug-likeness (QED) is 0.785. The van der Waals surface area contributed by atoms with Gasteiger partial charge in [0.2, 0.25) is 0 Å². The van der Waals surface area contributed by atoms with Gasteiger partial charge in [-0.25, -0.2) is 4.84 Å². The first kappa shape index (κ1) is 11.0. The SMILES string of the molecule is COc1cc(C)c([N+](=O)OC)cc1Br. The van der Waals surface area contributed by atoms with Crippen LogP contribution in [0.15, 0.2) is 16.6 Å². The van der Waals surface area contributed by atoms with Crippen molar-refractivity contribution >= 4 is 21.6 Å². The summed E-state index contributed by atoms with van der Waals surface area (Å²) < 4.78 is 5.81. The molecule has 0 N–H and O–H groups in total. The topological polar surface area (TPSA) is 38.5 Å². The van der Waals surface area contributed by atoms with E-state index in [-0.39, 0.29) is 0 Å². The largest absolute Gasteiger partial charge is 0.496 e. The van der Waals surface area contributed by atoms with Crippen LogP contribution < -0.4 is 4.74 Å². The third kappa shape index (κ3) is 2.04. The molecule has 14 heavy (non-hydrogen) atoms. The molecule has 1 rings (SSSR count). The molecule has 0 aromatic heterocycles. The van der Waals surface area contributed by atoms with Gasteiger partial charge in [-0.1, -0.05) is 0 Å². The maximum absolute atomic E-state index is 11.2. The molecule has 0 heterocycles. The van der Waals surface area contributed by atoms with E-state index < -0.39 is 0 Å². The van der Waals surface area contributed by atoms with Crippen molar-refractivity contribution in [1.82, 2.24) is 0 Å². The van der Waals surface area contributed by atoms with Crippen molar-refractivity contribution in [3.05, 3.63) is 27.1 Å². The molecule has 1 aromatic rings. The number of aryl methyl sites for hydroxylation is 1. The molecule has 0 radical (unpaired) electrons. The van der Waals surface area contributed by atoms with Crippen LogP contribution in [0.2, 0.25) is 0 Å². The second kappa shape index (κ2) is 4.41. The van der Waals surface area contributed by atoms with Gasteiger partial charge in [-0.15, -0.1) is 0 Å². The third-order valence-electron chi connectivity index (χ3n) is 1.83. The lowest BCUT2D eigenvalue weighted by Gasteiger charge is -2.03. The summed E-state index contributed by atoms with van der Waals surface area (Å²) in [6, 6.07) is 3.42. The molecule has 0 aliphatic rings. The fraction of sp³-hybridized carbons (Fsp3) is 0.333. The zero-order valence-corrected chi connectivity index (χ0v) is 9.79. The molecule has 0 aliphatic carbocycles. The Balaban J connectivity index is 3.21. The number of hydrogen-bond donors (Lipinski definition) is 0. The van der Waals surface area contributed by atoms with Crippen molar-refractivity contribution in [2.45, 2.75) is 6.92 Å². The molecule has 0 amide bonds. The number of ether oxygens (including phenoxy) is 1. The summed E-state index contributed by atoms with van der Waals surface area (Å²) in [5.74, 6) is 0.691. The molecule has 0 saturated carbocycles. The average Bonchev–Trinajstić information content (AvgIpc) is 2.19. The van der Waals surface area contributed by atoms with Gasteiger partial charge >= 0.3 is 5.69 Å². The van der Waals surface area contributed by atoms with Gasteiger partial charge < -0.3 is 4.74 Å². The summed E-state index contributed by atoms with van der Waals surface area (Å²) in [6.45, 7) is 1.81. The van der Waals surface area contributed by atoms with Crippen molar-refractivity contribution in [3.8, 4) is 5.75 Å². The first-order valence-corrected chi connectivity index (χ1v) is 4.75. The lowest BCUT2D eigenvalue weighted by molar-refractivity contribution is -0.737. The highest BCUT2D eigenvalue weighted by molar-refractivity contribution is 9.10. The van der Waals surface area contributed by atoms with Gasteiger partial charge in [0.1, 0.15) is 5.75 Å². The van der Waals surface area contributed by atoms with Gasteiger partial charge in [0.25, 0.3) is 4.92 Å². The molecule has 5 heteroatoms. The molecule has 76 valence electrons. The molecule has 0 atom stereocenters.